The van der Waals surface area contributed by atoms with Gasteiger partial charge >= 0.3 is 11.6 Å². The van der Waals surface area contributed by atoms with Crippen LogP contribution in [-0.2, 0) is 14.3 Å². The predicted molar refractivity (Wildman–Crippen MR) is 120 cm³/mol. The summed E-state index contributed by atoms with van der Waals surface area (Å²) in [6, 6.07) is 17.4. The first-order valence-corrected chi connectivity index (χ1v) is 10.5. The van der Waals surface area contributed by atoms with Gasteiger partial charge in [0.1, 0.15) is 11.3 Å². The van der Waals surface area contributed by atoms with Crippen LogP contribution in [0.2, 0.25) is 0 Å². The molecule has 2 aromatic heterocycles. The Morgan fingerprint density at radius 2 is 1.91 bits per heavy atom. The summed E-state index contributed by atoms with van der Waals surface area (Å²) in [6.45, 7) is 1.05. The molecule has 4 aromatic rings. The van der Waals surface area contributed by atoms with E-state index in [2.05, 4.69) is 10.3 Å². The second-order valence-electron chi connectivity index (χ2n) is 6.77. The van der Waals surface area contributed by atoms with Crippen molar-refractivity contribution in [1.29, 1.82) is 0 Å². The molecule has 162 valence electrons. The Morgan fingerprint density at radius 1 is 1.12 bits per heavy atom. The van der Waals surface area contributed by atoms with Crippen molar-refractivity contribution in [3.8, 4) is 17.0 Å². The zero-order chi connectivity index (χ0) is 22.5. The van der Waals surface area contributed by atoms with Crippen LogP contribution in [0.4, 0.5) is 5.13 Å². The average molecular weight is 450 g/mol. The van der Waals surface area contributed by atoms with Crippen molar-refractivity contribution in [2.24, 2.45) is 0 Å². The molecule has 1 N–H and O–H groups in total. The molecule has 0 aliphatic heterocycles. The van der Waals surface area contributed by atoms with Crippen LogP contribution in [0.3, 0.4) is 0 Å². The van der Waals surface area contributed by atoms with Gasteiger partial charge in [-0.05, 0) is 25.1 Å². The van der Waals surface area contributed by atoms with E-state index < -0.39 is 30.2 Å². The molecule has 1 atom stereocenters. The summed E-state index contributed by atoms with van der Waals surface area (Å²) in [7, 11) is 0. The van der Waals surface area contributed by atoms with Gasteiger partial charge in [0.05, 0.1) is 5.69 Å². The highest BCUT2D eigenvalue weighted by Gasteiger charge is 2.19. The number of nitrogens with zero attached hydrogens (tertiary/aromatic N) is 1. The molecule has 8 nitrogen and oxygen atoms in total. The van der Waals surface area contributed by atoms with Crippen molar-refractivity contribution in [3.05, 3.63) is 76.5 Å². The maximum atomic E-state index is 12.3. The number of esters is 1. The Labute approximate surface area is 186 Å². The molecule has 4 rings (SSSR count). The van der Waals surface area contributed by atoms with Gasteiger partial charge < -0.3 is 13.9 Å². The number of hydrogen-bond acceptors (Lipinski definition) is 8. The number of benzene rings is 2. The van der Waals surface area contributed by atoms with Gasteiger partial charge in [0, 0.05) is 28.5 Å². The van der Waals surface area contributed by atoms with Gasteiger partial charge in [0.25, 0.3) is 5.91 Å². The second-order valence-corrected chi connectivity index (χ2v) is 7.63. The van der Waals surface area contributed by atoms with Gasteiger partial charge in [-0.15, -0.1) is 11.3 Å². The number of carbonyl (C=O) groups excluding carboxylic acids is 2. The highest BCUT2D eigenvalue weighted by Crippen LogP contribution is 2.24. The minimum absolute atomic E-state index is 0.331. The number of anilines is 1. The van der Waals surface area contributed by atoms with E-state index in [4.69, 9.17) is 13.9 Å². The van der Waals surface area contributed by atoms with E-state index in [0.717, 1.165) is 16.6 Å². The monoisotopic (exact) mass is 450 g/mol. The van der Waals surface area contributed by atoms with Crippen LogP contribution in [0.5, 0.6) is 5.75 Å². The lowest BCUT2D eigenvalue weighted by molar-refractivity contribution is -0.155. The topological polar surface area (TPSA) is 108 Å². The summed E-state index contributed by atoms with van der Waals surface area (Å²) >= 11 is 1.28. The number of ether oxygens (including phenoxy) is 2. The molecule has 0 aliphatic rings. The first-order chi connectivity index (χ1) is 15.5. The number of nitrogens with one attached hydrogen (secondary N) is 1. The molecule has 0 saturated heterocycles. The molecule has 1 unspecified atom stereocenters. The summed E-state index contributed by atoms with van der Waals surface area (Å²) in [5.74, 6) is -0.886. The number of amides is 1. The SMILES string of the molecule is CC(OC(=O)COc1ccc2ccc(=O)oc2c1)C(=O)Nc1nc(-c2ccccc2)cs1. The van der Waals surface area contributed by atoms with Gasteiger partial charge in [-0.3, -0.25) is 10.1 Å². The highest BCUT2D eigenvalue weighted by molar-refractivity contribution is 7.14. The van der Waals surface area contributed by atoms with Crippen LogP contribution < -0.4 is 15.7 Å². The Bertz CT molecular complexity index is 1310. The molecule has 0 saturated carbocycles. The van der Waals surface area contributed by atoms with Crippen LogP contribution in [0.15, 0.2) is 75.3 Å². The first-order valence-electron chi connectivity index (χ1n) is 9.66. The summed E-state index contributed by atoms with van der Waals surface area (Å²) in [5, 5.41) is 5.61. The zero-order valence-corrected chi connectivity index (χ0v) is 17.8. The predicted octanol–water partition coefficient (Wildman–Crippen LogP) is 3.87. The Kier molecular flexibility index (Phi) is 6.27. The highest BCUT2D eigenvalue weighted by atomic mass is 32.1. The van der Waals surface area contributed by atoms with Crippen LogP contribution in [0.25, 0.3) is 22.2 Å². The Hall–Kier alpha value is -3.98. The van der Waals surface area contributed by atoms with Crippen LogP contribution in [0.1, 0.15) is 6.92 Å². The number of thiazole rings is 1. The number of aromatic nitrogens is 1. The van der Waals surface area contributed by atoms with E-state index in [1.165, 1.54) is 30.4 Å². The lowest BCUT2D eigenvalue weighted by atomic mass is 10.2. The molecule has 1 amide bonds. The van der Waals surface area contributed by atoms with E-state index in [9.17, 15) is 14.4 Å². The Balaban J connectivity index is 1.29. The van der Waals surface area contributed by atoms with E-state index in [0.29, 0.717) is 16.5 Å². The molecule has 0 bridgehead atoms. The molecule has 0 fully saturated rings. The third-order valence-electron chi connectivity index (χ3n) is 4.43. The molecular formula is C23H18N2O6S. The number of fused-ring (bicyclic) bond motifs is 1. The smallest absolute Gasteiger partial charge is 0.344 e. The molecule has 2 heterocycles. The summed E-state index contributed by atoms with van der Waals surface area (Å²) in [5.41, 5.74) is 1.54. The summed E-state index contributed by atoms with van der Waals surface area (Å²) in [6.07, 6.45) is -1.04. The third-order valence-corrected chi connectivity index (χ3v) is 5.19. The largest absolute Gasteiger partial charge is 0.482 e. The maximum Gasteiger partial charge on any atom is 0.344 e. The first kappa shape index (κ1) is 21.3. The fraction of sp³-hybridized carbons (Fsp3) is 0.130. The van der Waals surface area contributed by atoms with E-state index in [-0.39, 0.29) is 0 Å². The van der Waals surface area contributed by atoms with Crippen molar-refractivity contribution in [1.82, 2.24) is 4.98 Å². The van der Waals surface area contributed by atoms with E-state index in [1.54, 1.807) is 18.2 Å². The van der Waals surface area contributed by atoms with Crippen molar-refractivity contribution in [2.45, 2.75) is 13.0 Å². The van der Waals surface area contributed by atoms with Crippen LogP contribution >= 0.6 is 11.3 Å². The third kappa shape index (κ3) is 5.19. The Morgan fingerprint density at radius 3 is 2.72 bits per heavy atom. The number of hydrogen-bond donors (Lipinski definition) is 1. The molecule has 2 aromatic carbocycles. The quantitative estimate of drug-likeness (QED) is 0.336. The standard InChI is InChI=1S/C23H18N2O6S/c1-14(22(28)25-23-24-18(13-32-23)15-5-3-2-4-6-15)30-21(27)12-29-17-9-7-16-8-10-20(26)31-19(16)11-17/h2-11,13-14H,12H2,1H3,(H,24,25,28). The van der Waals surface area contributed by atoms with E-state index >= 15 is 0 Å². The number of rotatable bonds is 7. The van der Waals surface area contributed by atoms with Crippen molar-refractivity contribution in [2.75, 3.05) is 11.9 Å². The molecule has 0 spiro atoms. The lowest BCUT2D eigenvalue weighted by Gasteiger charge is -2.13. The van der Waals surface area contributed by atoms with Gasteiger partial charge in [0.15, 0.2) is 17.8 Å². The second kappa shape index (κ2) is 9.44. The fourth-order valence-corrected chi connectivity index (χ4v) is 3.56. The zero-order valence-electron chi connectivity index (χ0n) is 16.9. The lowest BCUT2D eigenvalue weighted by Crippen LogP contribution is -2.31. The van der Waals surface area contributed by atoms with Gasteiger partial charge in [-0.2, -0.15) is 0 Å². The maximum absolute atomic E-state index is 12.3. The van der Waals surface area contributed by atoms with Crippen molar-refractivity contribution >= 4 is 39.3 Å². The number of carbonyl (C=O) groups is 2. The van der Waals surface area contributed by atoms with Crippen molar-refractivity contribution in [3.63, 3.8) is 0 Å². The molecule has 9 heteroatoms. The van der Waals surface area contributed by atoms with Gasteiger partial charge in [-0.25, -0.2) is 14.6 Å². The van der Waals surface area contributed by atoms with Gasteiger partial charge in [-0.1, -0.05) is 30.3 Å². The minimum Gasteiger partial charge on any atom is -0.482 e. The summed E-state index contributed by atoms with van der Waals surface area (Å²) < 4.78 is 15.6. The fourth-order valence-electron chi connectivity index (χ4n) is 2.84. The molecule has 0 radical (unpaired) electrons. The van der Waals surface area contributed by atoms with E-state index in [1.807, 2.05) is 35.7 Å². The van der Waals surface area contributed by atoms with Gasteiger partial charge in [0.2, 0.25) is 0 Å². The molecule has 32 heavy (non-hydrogen) atoms. The minimum atomic E-state index is -1.04. The van der Waals surface area contributed by atoms with Crippen LogP contribution in [0, 0.1) is 0 Å². The molecular weight excluding hydrogens is 432 g/mol. The molecule has 0 aliphatic carbocycles. The summed E-state index contributed by atoms with van der Waals surface area (Å²) in [4.78, 5) is 40.1. The average Bonchev–Trinajstić information content (AvgIpc) is 3.26. The normalized spacial score (nSPS) is 11.7. The van der Waals surface area contributed by atoms with Crippen molar-refractivity contribution < 1.29 is 23.5 Å². The van der Waals surface area contributed by atoms with Crippen LogP contribution in [-0.4, -0.2) is 29.6 Å².